The van der Waals surface area contributed by atoms with Crippen LogP contribution in [0.5, 0.6) is 0 Å². The van der Waals surface area contributed by atoms with Gasteiger partial charge in [0.1, 0.15) is 0 Å². The summed E-state index contributed by atoms with van der Waals surface area (Å²) in [6.45, 7) is 6.69. The molecular formula is C11H19N3S. The highest BCUT2D eigenvalue weighted by Crippen LogP contribution is 2.18. The smallest absolute Gasteiger partial charge is 0.0897 e. The standard InChI is InChI=1S/C11H19N3S/c1-9-13-11(8-15-9)7-14-4-3-10(6-14)5-12-2/h8,10,12H,3-7H2,1-2H3. The zero-order valence-electron chi connectivity index (χ0n) is 9.49. The van der Waals surface area contributed by atoms with Crippen molar-refractivity contribution in [1.29, 1.82) is 0 Å². The number of rotatable bonds is 4. The van der Waals surface area contributed by atoms with E-state index in [2.05, 4.69) is 27.5 Å². The van der Waals surface area contributed by atoms with Crippen molar-refractivity contribution in [3.63, 3.8) is 0 Å². The molecule has 1 aliphatic heterocycles. The second-order valence-corrected chi connectivity index (χ2v) is 5.37. The van der Waals surface area contributed by atoms with Gasteiger partial charge in [-0.15, -0.1) is 11.3 Å². The molecule has 4 heteroatoms. The highest BCUT2D eigenvalue weighted by Gasteiger charge is 2.22. The Kier molecular flexibility index (Phi) is 3.72. The van der Waals surface area contributed by atoms with Gasteiger partial charge < -0.3 is 5.32 Å². The number of hydrogen-bond donors (Lipinski definition) is 1. The molecular weight excluding hydrogens is 206 g/mol. The largest absolute Gasteiger partial charge is 0.319 e. The van der Waals surface area contributed by atoms with Gasteiger partial charge in [-0.1, -0.05) is 0 Å². The van der Waals surface area contributed by atoms with E-state index in [0.717, 1.165) is 19.0 Å². The fraction of sp³-hybridized carbons (Fsp3) is 0.727. The van der Waals surface area contributed by atoms with Crippen LogP contribution in [0.3, 0.4) is 0 Å². The molecule has 0 bridgehead atoms. The van der Waals surface area contributed by atoms with E-state index in [4.69, 9.17) is 0 Å². The second-order valence-electron chi connectivity index (χ2n) is 4.31. The topological polar surface area (TPSA) is 28.2 Å². The summed E-state index contributed by atoms with van der Waals surface area (Å²) in [5.74, 6) is 0.828. The maximum Gasteiger partial charge on any atom is 0.0897 e. The van der Waals surface area contributed by atoms with Gasteiger partial charge in [0.25, 0.3) is 0 Å². The van der Waals surface area contributed by atoms with E-state index in [1.165, 1.54) is 30.2 Å². The molecule has 1 fully saturated rings. The van der Waals surface area contributed by atoms with Crippen molar-refractivity contribution < 1.29 is 0 Å². The minimum Gasteiger partial charge on any atom is -0.319 e. The molecule has 0 radical (unpaired) electrons. The molecule has 1 N–H and O–H groups in total. The molecule has 0 amide bonds. The van der Waals surface area contributed by atoms with Crippen LogP contribution in [0, 0.1) is 12.8 Å². The summed E-state index contributed by atoms with van der Waals surface area (Å²) >= 11 is 1.75. The Labute approximate surface area is 95.5 Å². The molecule has 0 aromatic carbocycles. The quantitative estimate of drug-likeness (QED) is 0.841. The lowest BCUT2D eigenvalue weighted by Gasteiger charge is -2.14. The van der Waals surface area contributed by atoms with Gasteiger partial charge in [0.05, 0.1) is 10.7 Å². The average Bonchev–Trinajstić information content (AvgIpc) is 2.78. The summed E-state index contributed by atoms with van der Waals surface area (Å²) < 4.78 is 0. The highest BCUT2D eigenvalue weighted by atomic mass is 32.1. The van der Waals surface area contributed by atoms with Crippen molar-refractivity contribution in [2.45, 2.75) is 19.9 Å². The van der Waals surface area contributed by atoms with Crippen LogP contribution in [0.25, 0.3) is 0 Å². The van der Waals surface area contributed by atoms with Crippen molar-refractivity contribution in [3.05, 3.63) is 16.1 Å². The monoisotopic (exact) mass is 225 g/mol. The van der Waals surface area contributed by atoms with Gasteiger partial charge in [-0.05, 0) is 39.4 Å². The lowest BCUT2D eigenvalue weighted by atomic mass is 10.1. The molecule has 1 unspecified atom stereocenters. The highest BCUT2D eigenvalue weighted by molar-refractivity contribution is 7.09. The first-order chi connectivity index (χ1) is 7.28. The van der Waals surface area contributed by atoms with E-state index < -0.39 is 0 Å². The summed E-state index contributed by atoms with van der Waals surface area (Å²) in [5, 5.41) is 6.62. The van der Waals surface area contributed by atoms with Gasteiger partial charge in [0, 0.05) is 18.5 Å². The number of aryl methyl sites for hydroxylation is 1. The molecule has 2 heterocycles. The summed E-state index contributed by atoms with van der Waals surface area (Å²) in [4.78, 5) is 7.02. The summed E-state index contributed by atoms with van der Waals surface area (Å²) in [6, 6.07) is 0. The van der Waals surface area contributed by atoms with Crippen molar-refractivity contribution in [2.24, 2.45) is 5.92 Å². The van der Waals surface area contributed by atoms with Crippen molar-refractivity contribution >= 4 is 11.3 Å². The number of thiazole rings is 1. The summed E-state index contributed by atoms with van der Waals surface area (Å²) in [7, 11) is 2.03. The molecule has 3 nitrogen and oxygen atoms in total. The van der Waals surface area contributed by atoms with Crippen molar-refractivity contribution in [1.82, 2.24) is 15.2 Å². The Balaban J connectivity index is 1.82. The first-order valence-corrected chi connectivity index (χ1v) is 6.44. The SMILES string of the molecule is CNCC1CCN(Cc2csc(C)n2)C1. The average molecular weight is 225 g/mol. The molecule has 0 saturated carbocycles. The summed E-state index contributed by atoms with van der Waals surface area (Å²) in [5.41, 5.74) is 1.24. The van der Waals surface area contributed by atoms with Gasteiger partial charge in [-0.25, -0.2) is 4.98 Å². The van der Waals surface area contributed by atoms with Crippen LogP contribution >= 0.6 is 11.3 Å². The van der Waals surface area contributed by atoms with Crippen LogP contribution in [0.15, 0.2) is 5.38 Å². The zero-order valence-corrected chi connectivity index (χ0v) is 10.3. The maximum atomic E-state index is 4.51. The Morgan fingerprint density at radius 1 is 1.67 bits per heavy atom. The molecule has 1 aromatic rings. The van der Waals surface area contributed by atoms with E-state index in [-0.39, 0.29) is 0 Å². The Morgan fingerprint density at radius 3 is 3.20 bits per heavy atom. The zero-order chi connectivity index (χ0) is 10.7. The molecule has 84 valence electrons. The molecule has 1 aliphatic rings. The van der Waals surface area contributed by atoms with Crippen LogP contribution in [0.1, 0.15) is 17.1 Å². The second kappa shape index (κ2) is 5.05. The van der Waals surface area contributed by atoms with Crippen molar-refractivity contribution in [2.75, 3.05) is 26.7 Å². The van der Waals surface area contributed by atoms with Crippen LogP contribution in [-0.2, 0) is 6.54 Å². The predicted octanol–water partition coefficient (Wildman–Crippen LogP) is 1.49. The maximum absolute atomic E-state index is 4.51. The molecule has 15 heavy (non-hydrogen) atoms. The Bertz CT molecular complexity index is 311. The molecule has 1 aromatic heterocycles. The molecule has 1 saturated heterocycles. The van der Waals surface area contributed by atoms with E-state index in [1.54, 1.807) is 11.3 Å². The lowest BCUT2D eigenvalue weighted by Crippen LogP contribution is -2.24. The van der Waals surface area contributed by atoms with Crippen molar-refractivity contribution in [3.8, 4) is 0 Å². The van der Waals surface area contributed by atoms with Crippen LogP contribution < -0.4 is 5.32 Å². The van der Waals surface area contributed by atoms with Gasteiger partial charge in [0.2, 0.25) is 0 Å². The van der Waals surface area contributed by atoms with Gasteiger partial charge in [-0.2, -0.15) is 0 Å². The van der Waals surface area contributed by atoms with E-state index in [0.29, 0.717) is 0 Å². The molecule has 0 spiro atoms. The van der Waals surface area contributed by atoms with Gasteiger partial charge in [-0.3, -0.25) is 4.90 Å². The van der Waals surface area contributed by atoms with E-state index >= 15 is 0 Å². The third kappa shape index (κ3) is 3.00. The number of hydrogen-bond acceptors (Lipinski definition) is 4. The first kappa shape index (κ1) is 11.0. The van der Waals surface area contributed by atoms with Gasteiger partial charge in [0.15, 0.2) is 0 Å². The minimum absolute atomic E-state index is 0.828. The fourth-order valence-corrected chi connectivity index (χ4v) is 2.83. The van der Waals surface area contributed by atoms with Crippen LogP contribution in [0.2, 0.25) is 0 Å². The first-order valence-electron chi connectivity index (χ1n) is 5.56. The van der Waals surface area contributed by atoms with Gasteiger partial charge >= 0.3 is 0 Å². The number of aromatic nitrogens is 1. The minimum atomic E-state index is 0.828. The Morgan fingerprint density at radius 2 is 2.53 bits per heavy atom. The third-order valence-corrected chi connectivity index (χ3v) is 3.74. The third-order valence-electron chi connectivity index (χ3n) is 2.91. The Hall–Kier alpha value is -0.450. The summed E-state index contributed by atoms with van der Waals surface area (Å²) in [6.07, 6.45) is 1.32. The van der Waals surface area contributed by atoms with E-state index in [1.807, 2.05) is 7.05 Å². The van der Waals surface area contributed by atoms with Crippen LogP contribution in [0.4, 0.5) is 0 Å². The molecule has 2 rings (SSSR count). The number of likely N-dealkylation sites (tertiary alicyclic amines) is 1. The number of nitrogens with zero attached hydrogens (tertiary/aromatic N) is 2. The van der Waals surface area contributed by atoms with Crippen LogP contribution in [-0.4, -0.2) is 36.6 Å². The lowest BCUT2D eigenvalue weighted by molar-refractivity contribution is 0.312. The fourth-order valence-electron chi connectivity index (χ4n) is 2.22. The molecule has 0 aliphatic carbocycles. The van der Waals surface area contributed by atoms with E-state index in [9.17, 15) is 0 Å². The predicted molar refractivity (Wildman–Crippen MR) is 64.2 cm³/mol. The molecule has 1 atom stereocenters. The normalized spacial score (nSPS) is 22.4. The number of nitrogens with one attached hydrogen (secondary N) is 1.